The first kappa shape index (κ1) is 14.7. The van der Waals surface area contributed by atoms with E-state index in [9.17, 15) is 0 Å². The molecule has 0 bridgehead atoms. The summed E-state index contributed by atoms with van der Waals surface area (Å²) >= 11 is 1.89. The van der Waals surface area contributed by atoms with Crippen LogP contribution in [-0.4, -0.2) is 5.54 Å². The van der Waals surface area contributed by atoms with Crippen LogP contribution in [-0.2, 0) is 0 Å². The van der Waals surface area contributed by atoms with Gasteiger partial charge in [-0.1, -0.05) is 20.8 Å². The summed E-state index contributed by atoms with van der Waals surface area (Å²) in [6, 6.07) is 4.88. The van der Waals surface area contributed by atoms with Crippen molar-refractivity contribution in [2.45, 2.75) is 66.5 Å². The lowest BCUT2D eigenvalue weighted by Crippen LogP contribution is -2.43. The van der Waals surface area contributed by atoms with E-state index < -0.39 is 0 Å². The predicted octanol–water partition coefficient (Wildman–Crippen LogP) is 4.92. The van der Waals surface area contributed by atoms with Gasteiger partial charge in [0.25, 0.3) is 0 Å². The second-order valence-corrected chi connectivity index (χ2v) is 8.26. The normalized spacial score (nSPS) is 15.0. The molecule has 1 heterocycles. The molecule has 0 spiro atoms. The number of aryl methyl sites for hydroxylation is 1. The summed E-state index contributed by atoms with van der Waals surface area (Å²) in [5.74, 6) is 0. The third kappa shape index (κ3) is 5.22. The van der Waals surface area contributed by atoms with E-state index in [0.717, 1.165) is 0 Å². The smallest absolute Gasteiger partial charge is 0.0390 e. The van der Waals surface area contributed by atoms with Gasteiger partial charge in [-0.25, -0.2) is 0 Å². The van der Waals surface area contributed by atoms with E-state index in [4.69, 9.17) is 0 Å². The summed E-state index contributed by atoms with van der Waals surface area (Å²) in [6.45, 7) is 15.9. The van der Waals surface area contributed by atoms with Crippen molar-refractivity contribution in [2.75, 3.05) is 0 Å². The van der Waals surface area contributed by atoms with Gasteiger partial charge >= 0.3 is 0 Å². The van der Waals surface area contributed by atoms with Crippen LogP contribution in [0.1, 0.15) is 63.8 Å². The molecule has 0 aromatic carbocycles. The Morgan fingerprint density at radius 3 is 2.18 bits per heavy atom. The minimum Gasteiger partial charge on any atom is -0.304 e. The Kier molecular flexibility index (Phi) is 4.43. The lowest BCUT2D eigenvalue weighted by molar-refractivity contribution is 0.227. The van der Waals surface area contributed by atoms with Crippen molar-refractivity contribution in [1.82, 2.24) is 5.32 Å². The summed E-state index contributed by atoms with van der Waals surface area (Å²) < 4.78 is 0. The molecule has 0 saturated heterocycles. The zero-order valence-corrected chi connectivity index (χ0v) is 13.2. The van der Waals surface area contributed by atoms with Crippen molar-refractivity contribution >= 4 is 11.3 Å². The van der Waals surface area contributed by atoms with E-state index >= 15 is 0 Å². The monoisotopic (exact) mass is 253 g/mol. The van der Waals surface area contributed by atoms with Crippen LogP contribution in [0.15, 0.2) is 12.1 Å². The van der Waals surface area contributed by atoms with Crippen LogP contribution in [0, 0.1) is 12.3 Å². The summed E-state index contributed by atoms with van der Waals surface area (Å²) in [5, 5.41) is 3.75. The lowest BCUT2D eigenvalue weighted by atomic mass is 9.81. The largest absolute Gasteiger partial charge is 0.304 e. The highest BCUT2D eigenvalue weighted by Crippen LogP contribution is 2.30. The zero-order chi connectivity index (χ0) is 13.3. The highest BCUT2D eigenvalue weighted by molar-refractivity contribution is 7.12. The van der Waals surface area contributed by atoms with Gasteiger partial charge in [0.2, 0.25) is 0 Å². The zero-order valence-electron chi connectivity index (χ0n) is 12.3. The van der Waals surface area contributed by atoms with Crippen molar-refractivity contribution in [3.63, 3.8) is 0 Å². The van der Waals surface area contributed by atoms with Gasteiger partial charge in [-0.05, 0) is 51.7 Å². The molecule has 0 aliphatic rings. The molecule has 1 aromatic rings. The minimum atomic E-state index is 0.176. The fourth-order valence-corrected chi connectivity index (χ4v) is 3.60. The number of rotatable bonds is 4. The molecule has 1 rings (SSSR count). The molecule has 0 radical (unpaired) electrons. The molecule has 1 N–H and O–H groups in total. The van der Waals surface area contributed by atoms with Crippen molar-refractivity contribution in [1.29, 1.82) is 0 Å². The van der Waals surface area contributed by atoms with Gasteiger partial charge in [-0.15, -0.1) is 11.3 Å². The molecule has 2 heteroatoms. The van der Waals surface area contributed by atoms with E-state index in [0.29, 0.717) is 11.5 Å². The summed E-state index contributed by atoms with van der Waals surface area (Å²) in [7, 11) is 0. The molecule has 1 nitrogen and oxygen atoms in total. The van der Waals surface area contributed by atoms with Crippen molar-refractivity contribution in [2.24, 2.45) is 5.41 Å². The lowest BCUT2D eigenvalue weighted by Gasteiger charge is -2.35. The molecule has 0 aliphatic heterocycles. The van der Waals surface area contributed by atoms with Crippen LogP contribution >= 0.6 is 11.3 Å². The Bertz CT molecular complexity index is 357. The Hall–Kier alpha value is -0.340. The third-order valence-electron chi connectivity index (χ3n) is 2.77. The first-order chi connectivity index (χ1) is 7.59. The molecular weight excluding hydrogens is 226 g/mol. The Morgan fingerprint density at radius 1 is 1.18 bits per heavy atom. The molecule has 0 fully saturated rings. The topological polar surface area (TPSA) is 12.0 Å². The van der Waals surface area contributed by atoms with Crippen LogP contribution in [0.25, 0.3) is 0 Å². The van der Waals surface area contributed by atoms with Gasteiger partial charge in [0.05, 0.1) is 0 Å². The number of hydrogen-bond acceptors (Lipinski definition) is 2. The first-order valence-corrected chi connectivity index (χ1v) is 7.25. The van der Waals surface area contributed by atoms with Gasteiger partial charge in [0.15, 0.2) is 0 Å². The highest BCUT2D eigenvalue weighted by atomic mass is 32.1. The molecule has 0 saturated carbocycles. The van der Waals surface area contributed by atoms with Gasteiger partial charge in [-0.3, -0.25) is 0 Å². The van der Waals surface area contributed by atoms with E-state index in [1.54, 1.807) is 0 Å². The first-order valence-electron chi connectivity index (χ1n) is 6.43. The van der Waals surface area contributed by atoms with Crippen molar-refractivity contribution < 1.29 is 0 Å². The fourth-order valence-electron chi connectivity index (χ4n) is 2.72. The second-order valence-electron chi connectivity index (χ2n) is 6.94. The van der Waals surface area contributed by atoms with Crippen LogP contribution in [0.5, 0.6) is 0 Å². The summed E-state index contributed by atoms with van der Waals surface area (Å²) in [6.07, 6.45) is 1.18. The average Bonchev–Trinajstić information content (AvgIpc) is 2.45. The van der Waals surface area contributed by atoms with Crippen LogP contribution in [0.2, 0.25) is 0 Å². The average molecular weight is 253 g/mol. The highest BCUT2D eigenvalue weighted by Gasteiger charge is 2.27. The molecule has 1 unspecified atom stereocenters. The standard InChI is InChI=1S/C15H27NS/c1-11-8-9-13(17-11)12(2)16-15(6,7)10-14(3,4)5/h8-9,12,16H,10H2,1-7H3. The van der Waals surface area contributed by atoms with Gasteiger partial charge in [0, 0.05) is 21.3 Å². The maximum Gasteiger partial charge on any atom is 0.0390 e. The van der Waals surface area contributed by atoms with Crippen LogP contribution in [0.3, 0.4) is 0 Å². The van der Waals surface area contributed by atoms with Crippen LogP contribution < -0.4 is 5.32 Å². The molecule has 1 atom stereocenters. The second kappa shape index (κ2) is 5.11. The molecular formula is C15H27NS. The Morgan fingerprint density at radius 2 is 1.76 bits per heavy atom. The van der Waals surface area contributed by atoms with Gasteiger partial charge in [-0.2, -0.15) is 0 Å². The Balaban J connectivity index is 2.64. The number of thiophene rings is 1. The molecule has 1 aromatic heterocycles. The maximum atomic E-state index is 3.75. The number of nitrogens with one attached hydrogen (secondary N) is 1. The van der Waals surface area contributed by atoms with Crippen molar-refractivity contribution in [3.05, 3.63) is 21.9 Å². The minimum absolute atomic E-state index is 0.176. The number of hydrogen-bond donors (Lipinski definition) is 1. The van der Waals surface area contributed by atoms with Crippen LogP contribution in [0.4, 0.5) is 0 Å². The SMILES string of the molecule is Cc1ccc(C(C)NC(C)(C)CC(C)(C)C)s1. The Labute approximate surface area is 111 Å². The van der Waals surface area contributed by atoms with Crippen molar-refractivity contribution in [3.8, 4) is 0 Å². The van der Waals surface area contributed by atoms with E-state index in [2.05, 4.69) is 65.9 Å². The summed E-state index contributed by atoms with van der Waals surface area (Å²) in [5.41, 5.74) is 0.539. The van der Waals surface area contributed by atoms with Gasteiger partial charge in [0.1, 0.15) is 0 Å². The molecule has 98 valence electrons. The maximum absolute atomic E-state index is 3.75. The molecule has 0 aliphatic carbocycles. The van der Waals surface area contributed by atoms with E-state index in [1.165, 1.54) is 16.2 Å². The fraction of sp³-hybridized carbons (Fsp3) is 0.733. The predicted molar refractivity (Wildman–Crippen MR) is 78.8 cm³/mol. The third-order valence-corrected chi connectivity index (χ3v) is 3.95. The van der Waals surface area contributed by atoms with E-state index in [-0.39, 0.29) is 5.54 Å². The van der Waals surface area contributed by atoms with E-state index in [1.807, 2.05) is 11.3 Å². The quantitative estimate of drug-likeness (QED) is 0.803. The van der Waals surface area contributed by atoms with Gasteiger partial charge < -0.3 is 5.32 Å². The summed E-state index contributed by atoms with van der Waals surface area (Å²) in [4.78, 5) is 2.83. The molecule has 17 heavy (non-hydrogen) atoms. The molecule has 0 amide bonds.